The van der Waals surface area contributed by atoms with Gasteiger partial charge in [0.2, 0.25) is 11.8 Å². The molecule has 3 unspecified atom stereocenters. The second-order valence-electron chi connectivity index (χ2n) is 11.5. The minimum absolute atomic E-state index is 0.0206. The van der Waals surface area contributed by atoms with Crippen LogP contribution in [0, 0.1) is 23.7 Å². The highest BCUT2D eigenvalue weighted by Gasteiger charge is 2.36. The molecule has 1 saturated heterocycles. The van der Waals surface area contributed by atoms with Gasteiger partial charge in [-0.3, -0.25) is 9.59 Å². The maximum Gasteiger partial charge on any atom is 0.225 e. The Morgan fingerprint density at radius 3 is 2.44 bits per heavy atom. The van der Waals surface area contributed by atoms with Crippen molar-refractivity contribution in [1.29, 1.82) is 0 Å². The van der Waals surface area contributed by atoms with Gasteiger partial charge in [0.05, 0.1) is 0 Å². The molecule has 2 fully saturated rings. The van der Waals surface area contributed by atoms with Crippen LogP contribution in [-0.2, 0) is 15.0 Å². The molecule has 2 N–H and O–H groups in total. The van der Waals surface area contributed by atoms with Crippen LogP contribution in [-0.4, -0.2) is 29.8 Å². The lowest BCUT2D eigenvalue weighted by Crippen LogP contribution is -2.41. The normalized spacial score (nSPS) is 28.1. The fraction of sp³-hybridized carbons (Fsp3) is 0.733. The van der Waals surface area contributed by atoms with E-state index >= 15 is 0 Å². The van der Waals surface area contributed by atoms with E-state index in [4.69, 9.17) is 5.73 Å². The van der Waals surface area contributed by atoms with Gasteiger partial charge >= 0.3 is 0 Å². The first-order chi connectivity index (χ1) is 16.3. The van der Waals surface area contributed by atoms with Gasteiger partial charge in [-0.2, -0.15) is 0 Å². The van der Waals surface area contributed by atoms with Gasteiger partial charge in [0.25, 0.3) is 0 Å². The van der Waals surface area contributed by atoms with Crippen molar-refractivity contribution in [2.75, 3.05) is 13.1 Å². The van der Waals surface area contributed by atoms with Crippen molar-refractivity contribution < 1.29 is 9.59 Å². The van der Waals surface area contributed by atoms with Crippen LogP contribution >= 0.6 is 0 Å². The summed E-state index contributed by atoms with van der Waals surface area (Å²) in [5.74, 6) is 1.83. The van der Waals surface area contributed by atoms with Crippen molar-refractivity contribution >= 4 is 11.8 Å². The third-order valence-electron chi connectivity index (χ3n) is 9.03. The lowest BCUT2D eigenvalue weighted by Gasteiger charge is -2.38. The number of carbonyl (C=O) groups excluding carboxylic acids is 2. The van der Waals surface area contributed by atoms with Crippen LogP contribution in [0.4, 0.5) is 0 Å². The quantitative estimate of drug-likeness (QED) is 0.451. The molecular weight excluding hydrogens is 420 g/mol. The number of amides is 2. The zero-order valence-corrected chi connectivity index (χ0v) is 21.9. The number of nitrogens with two attached hydrogens (primary N) is 1. The van der Waals surface area contributed by atoms with Crippen molar-refractivity contribution in [3.8, 4) is 0 Å². The van der Waals surface area contributed by atoms with Gasteiger partial charge in [0.1, 0.15) is 0 Å². The number of primary amides is 1. The molecule has 1 saturated carbocycles. The number of nitrogens with zero attached hydrogens (tertiary/aromatic N) is 1. The Balaban J connectivity index is 1.89. The number of hydrogen-bond donors (Lipinski definition) is 1. The number of rotatable bonds is 9. The van der Waals surface area contributed by atoms with Gasteiger partial charge in [-0.1, -0.05) is 83.2 Å². The molecule has 2 amide bonds. The van der Waals surface area contributed by atoms with E-state index < -0.39 is 0 Å². The van der Waals surface area contributed by atoms with E-state index in [0.717, 1.165) is 31.7 Å². The summed E-state index contributed by atoms with van der Waals surface area (Å²) in [5.41, 5.74) is 7.09. The second-order valence-corrected chi connectivity index (χ2v) is 11.5. The zero-order chi connectivity index (χ0) is 24.6. The van der Waals surface area contributed by atoms with E-state index in [1.54, 1.807) is 0 Å². The minimum Gasteiger partial charge on any atom is -0.370 e. The van der Waals surface area contributed by atoms with E-state index in [-0.39, 0.29) is 29.6 Å². The molecule has 4 heteroatoms. The third-order valence-corrected chi connectivity index (χ3v) is 9.03. The van der Waals surface area contributed by atoms with Crippen LogP contribution in [0.2, 0.25) is 0 Å². The average molecular weight is 469 g/mol. The summed E-state index contributed by atoms with van der Waals surface area (Å²) in [6, 6.07) is 11.1. The largest absolute Gasteiger partial charge is 0.370 e. The molecule has 3 rings (SSSR count). The Kier molecular flexibility index (Phi) is 10.0. The minimum atomic E-state index is -0.323. The second kappa shape index (κ2) is 12.7. The van der Waals surface area contributed by atoms with E-state index in [9.17, 15) is 9.59 Å². The fourth-order valence-corrected chi connectivity index (χ4v) is 6.45. The van der Waals surface area contributed by atoms with Crippen molar-refractivity contribution in [3.05, 3.63) is 35.9 Å². The molecule has 34 heavy (non-hydrogen) atoms. The van der Waals surface area contributed by atoms with Gasteiger partial charge in [0.15, 0.2) is 0 Å². The molecule has 1 aliphatic carbocycles. The summed E-state index contributed by atoms with van der Waals surface area (Å²) >= 11 is 0. The predicted octanol–water partition coefficient (Wildman–Crippen LogP) is 6.47. The fourth-order valence-electron chi connectivity index (χ4n) is 6.45. The molecular formula is C30H48N2O2. The summed E-state index contributed by atoms with van der Waals surface area (Å²) in [6.45, 7) is 8.01. The monoisotopic (exact) mass is 468 g/mol. The Morgan fingerprint density at radius 2 is 1.82 bits per heavy atom. The summed E-state index contributed by atoms with van der Waals surface area (Å²) in [4.78, 5) is 27.1. The highest BCUT2D eigenvalue weighted by Crippen LogP contribution is 2.44. The maximum absolute atomic E-state index is 13.6. The van der Waals surface area contributed by atoms with Crippen molar-refractivity contribution in [1.82, 2.24) is 4.90 Å². The van der Waals surface area contributed by atoms with Crippen molar-refractivity contribution in [2.24, 2.45) is 29.4 Å². The summed E-state index contributed by atoms with van der Waals surface area (Å²) in [7, 11) is 0. The molecule has 0 spiro atoms. The third kappa shape index (κ3) is 7.09. The predicted molar refractivity (Wildman–Crippen MR) is 140 cm³/mol. The number of benzene rings is 1. The van der Waals surface area contributed by atoms with Crippen LogP contribution in [0.25, 0.3) is 0 Å². The molecule has 1 aromatic carbocycles. The van der Waals surface area contributed by atoms with Crippen LogP contribution in [0.1, 0.15) is 103 Å². The lowest BCUT2D eigenvalue weighted by molar-refractivity contribution is -0.137. The van der Waals surface area contributed by atoms with Gasteiger partial charge in [-0.25, -0.2) is 0 Å². The van der Waals surface area contributed by atoms with Gasteiger partial charge in [-0.05, 0) is 67.3 Å². The maximum atomic E-state index is 13.6. The molecule has 2 aliphatic rings. The van der Waals surface area contributed by atoms with Crippen LogP contribution in [0.3, 0.4) is 0 Å². The molecule has 0 aromatic heterocycles. The van der Waals surface area contributed by atoms with Gasteiger partial charge in [-0.15, -0.1) is 0 Å². The molecule has 4 atom stereocenters. The van der Waals surface area contributed by atoms with E-state index in [1.165, 1.54) is 56.9 Å². The SMILES string of the molecule is CCC(C)C[C@]1(c2ccccc2)CCCC(CC2CCC2)C(C)C(=O)N(CCC(N)=O)CCC1. The van der Waals surface area contributed by atoms with Crippen LogP contribution in [0.5, 0.6) is 0 Å². The molecule has 4 nitrogen and oxygen atoms in total. The van der Waals surface area contributed by atoms with Gasteiger partial charge in [0, 0.05) is 25.4 Å². The smallest absolute Gasteiger partial charge is 0.225 e. The highest BCUT2D eigenvalue weighted by molar-refractivity contribution is 5.80. The lowest BCUT2D eigenvalue weighted by atomic mass is 9.67. The molecule has 190 valence electrons. The highest BCUT2D eigenvalue weighted by atomic mass is 16.2. The number of carbonyl (C=O) groups is 2. The summed E-state index contributed by atoms with van der Waals surface area (Å²) in [6.07, 6.45) is 13.4. The first-order valence-electron chi connectivity index (χ1n) is 14.0. The summed E-state index contributed by atoms with van der Waals surface area (Å²) in [5, 5.41) is 0. The molecule has 1 aromatic rings. The van der Waals surface area contributed by atoms with E-state index in [2.05, 4.69) is 51.1 Å². The number of hydrogen-bond acceptors (Lipinski definition) is 2. The van der Waals surface area contributed by atoms with E-state index in [0.29, 0.717) is 18.4 Å². The van der Waals surface area contributed by atoms with Crippen LogP contribution < -0.4 is 5.73 Å². The zero-order valence-electron chi connectivity index (χ0n) is 21.9. The van der Waals surface area contributed by atoms with Crippen LogP contribution in [0.15, 0.2) is 30.3 Å². The summed E-state index contributed by atoms with van der Waals surface area (Å²) < 4.78 is 0. The Morgan fingerprint density at radius 1 is 1.12 bits per heavy atom. The topological polar surface area (TPSA) is 63.4 Å². The molecule has 1 aliphatic heterocycles. The first kappa shape index (κ1) is 26.8. The van der Waals surface area contributed by atoms with E-state index in [1.807, 2.05) is 4.90 Å². The Hall–Kier alpha value is -1.84. The molecule has 1 heterocycles. The standard InChI is InChI=1S/C30H48N2O2/c1-4-23(2)22-30(27-14-6-5-7-15-27)17-9-13-26(21-25-11-8-12-25)24(3)29(34)32(19-10-18-30)20-16-28(31)33/h5-7,14-15,23-26H,4,8-13,16-22H2,1-3H3,(H2,31,33)/t23?,24?,26?,30-/m0/s1. The average Bonchev–Trinajstić information content (AvgIpc) is 2.82. The molecule has 0 bridgehead atoms. The molecule has 0 radical (unpaired) electrons. The Bertz CT molecular complexity index is 775. The van der Waals surface area contributed by atoms with Gasteiger partial charge < -0.3 is 10.6 Å². The first-order valence-corrected chi connectivity index (χ1v) is 14.0. The Labute approximate surface area is 208 Å². The van der Waals surface area contributed by atoms with Crippen molar-refractivity contribution in [3.63, 3.8) is 0 Å². The van der Waals surface area contributed by atoms with Crippen molar-refractivity contribution in [2.45, 2.75) is 103 Å².